The summed E-state index contributed by atoms with van der Waals surface area (Å²) in [4.78, 5) is 11.8. The maximum absolute atomic E-state index is 13.8. The molecule has 2 rings (SSSR count). The summed E-state index contributed by atoms with van der Waals surface area (Å²) in [5.74, 6) is -0.693. The molecule has 2 aromatic rings. The lowest BCUT2D eigenvalue weighted by atomic mass is 10.0. The van der Waals surface area contributed by atoms with Crippen LogP contribution >= 0.6 is 11.6 Å². The van der Waals surface area contributed by atoms with Gasteiger partial charge in [-0.15, -0.1) is 0 Å². The number of aromatic nitrogens is 2. The van der Waals surface area contributed by atoms with E-state index in [1.165, 1.54) is 23.1 Å². The maximum Gasteiger partial charge on any atom is 0.168 e. The van der Waals surface area contributed by atoms with Crippen molar-refractivity contribution in [2.45, 2.75) is 13.8 Å². The summed E-state index contributed by atoms with van der Waals surface area (Å²) in [6.07, 6.45) is 2.94. The van der Waals surface area contributed by atoms with Crippen molar-refractivity contribution in [2.75, 3.05) is 0 Å². The zero-order valence-electron chi connectivity index (χ0n) is 10.0. The van der Waals surface area contributed by atoms with Gasteiger partial charge in [-0.05, 0) is 12.1 Å². The third-order valence-electron chi connectivity index (χ3n) is 2.57. The van der Waals surface area contributed by atoms with Crippen LogP contribution in [0.5, 0.6) is 0 Å². The zero-order chi connectivity index (χ0) is 13.3. The Hall–Kier alpha value is -1.68. The van der Waals surface area contributed by atoms with Crippen molar-refractivity contribution < 1.29 is 9.18 Å². The Morgan fingerprint density at radius 2 is 2.17 bits per heavy atom. The van der Waals surface area contributed by atoms with Gasteiger partial charge >= 0.3 is 0 Å². The normalized spacial score (nSPS) is 10.9. The van der Waals surface area contributed by atoms with Crippen LogP contribution in [0.25, 0.3) is 5.69 Å². The number of halogens is 2. The fourth-order valence-corrected chi connectivity index (χ4v) is 1.75. The van der Waals surface area contributed by atoms with Crippen molar-refractivity contribution in [3.63, 3.8) is 0 Å². The van der Waals surface area contributed by atoms with Crippen LogP contribution in [0, 0.1) is 11.7 Å². The molecule has 0 fully saturated rings. The molecule has 0 atom stereocenters. The van der Waals surface area contributed by atoms with Crippen molar-refractivity contribution in [1.82, 2.24) is 9.78 Å². The number of Topliss-reactive ketones (excluding diaryl/α,β-unsaturated/α-hetero) is 1. The van der Waals surface area contributed by atoms with Gasteiger partial charge in [0, 0.05) is 12.1 Å². The molecule has 0 unspecified atom stereocenters. The van der Waals surface area contributed by atoms with Crippen molar-refractivity contribution in [2.24, 2.45) is 5.92 Å². The first-order valence-electron chi connectivity index (χ1n) is 5.54. The summed E-state index contributed by atoms with van der Waals surface area (Å²) < 4.78 is 15.1. The van der Waals surface area contributed by atoms with Gasteiger partial charge < -0.3 is 0 Å². The van der Waals surface area contributed by atoms with Gasteiger partial charge in [0.2, 0.25) is 0 Å². The molecule has 0 amide bonds. The largest absolute Gasteiger partial charge is 0.294 e. The van der Waals surface area contributed by atoms with Crippen LogP contribution in [0.2, 0.25) is 5.02 Å². The minimum absolute atomic E-state index is 0.0244. The van der Waals surface area contributed by atoms with Gasteiger partial charge in [-0.3, -0.25) is 4.79 Å². The van der Waals surface area contributed by atoms with E-state index in [9.17, 15) is 9.18 Å². The number of hydrogen-bond acceptors (Lipinski definition) is 2. The molecule has 0 aliphatic rings. The van der Waals surface area contributed by atoms with E-state index in [0.717, 1.165) is 0 Å². The highest BCUT2D eigenvalue weighted by atomic mass is 35.5. The fourth-order valence-electron chi connectivity index (χ4n) is 1.58. The van der Waals surface area contributed by atoms with Gasteiger partial charge in [0.05, 0.1) is 16.8 Å². The summed E-state index contributed by atoms with van der Waals surface area (Å²) in [5, 5.41) is 4.02. The fraction of sp³-hybridized carbons (Fsp3) is 0.231. The third-order valence-corrected chi connectivity index (χ3v) is 2.86. The third kappa shape index (κ3) is 2.29. The van der Waals surface area contributed by atoms with E-state index >= 15 is 0 Å². The van der Waals surface area contributed by atoms with E-state index < -0.39 is 5.82 Å². The van der Waals surface area contributed by atoms with Crippen LogP contribution in [-0.2, 0) is 0 Å². The van der Waals surface area contributed by atoms with E-state index in [1.807, 2.05) is 0 Å². The number of benzene rings is 1. The number of hydrogen-bond donors (Lipinski definition) is 0. The highest BCUT2D eigenvalue weighted by molar-refractivity contribution is 6.30. The van der Waals surface area contributed by atoms with Gasteiger partial charge in [0.15, 0.2) is 11.6 Å². The second-order valence-corrected chi connectivity index (χ2v) is 4.67. The highest BCUT2D eigenvalue weighted by Crippen LogP contribution is 2.21. The lowest BCUT2D eigenvalue weighted by Gasteiger charge is -2.04. The minimum atomic E-state index is -0.550. The molecule has 18 heavy (non-hydrogen) atoms. The molecular formula is C13H12ClFN2O. The quantitative estimate of drug-likeness (QED) is 0.797. The van der Waals surface area contributed by atoms with Crippen LogP contribution in [0.1, 0.15) is 24.2 Å². The van der Waals surface area contributed by atoms with E-state index in [2.05, 4.69) is 5.10 Å². The SMILES string of the molecule is CC(C)C(=O)c1cnn(-c2cccc(Cl)c2F)c1. The van der Waals surface area contributed by atoms with E-state index in [-0.39, 0.29) is 22.4 Å². The number of carbonyl (C=O) groups is 1. The molecule has 0 aliphatic carbocycles. The highest BCUT2D eigenvalue weighted by Gasteiger charge is 2.15. The first-order valence-corrected chi connectivity index (χ1v) is 5.91. The molecule has 0 saturated carbocycles. The monoisotopic (exact) mass is 266 g/mol. The summed E-state index contributed by atoms with van der Waals surface area (Å²) in [7, 11) is 0. The Morgan fingerprint density at radius 3 is 2.83 bits per heavy atom. The Kier molecular flexibility index (Phi) is 3.48. The van der Waals surface area contributed by atoms with Crippen LogP contribution in [-0.4, -0.2) is 15.6 Å². The predicted octanol–water partition coefficient (Wildman–Crippen LogP) is 3.50. The molecule has 1 heterocycles. The van der Waals surface area contributed by atoms with Gasteiger partial charge in [-0.1, -0.05) is 31.5 Å². The molecule has 0 saturated heterocycles. The van der Waals surface area contributed by atoms with Crippen molar-refractivity contribution in [1.29, 1.82) is 0 Å². The molecule has 1 aromatic heterocycles. The number of ketones is 1. The standard InChI is InChI=1S/C13H12ClFN2O/c1-8(2)13(18)9-6-16-17(7-9)11-5-3-4-10(14)12(11)15/h3-8H,1-2H3. The minimum Gasteiger partial charge on any atom is -0.294 e. The summed E-state index contributed by atoms with van der Waals surface area (Å²) in [6.45, 7) is 3.61. The number of nitrogens with zero attached hydrogens (tertiary/aromatic N) is 2. The number of carbonyl (C=O) groups excluding carboxylic acids is 1. The molecule has 5 heteroatoms. The van der Waals surface area contributed by atoms with Crippen molar-refractivity contribution in [3.05, 3.63) is 47.0 Å². The second-order valence-electron chi connectivity index (χ2n) is 4.27. The first-order chi connectivity index (χ1) is 8.50. The smallest absolute Gasteiger partial charge is 0.168 e. The van der Waals surface area contributed by atoms with E-state index in [4.69, 9.17) is 11.6 Å². The average Bonchev–Trinajstić information content (AvgIpc) is 2.80. The van der Waals surface area contributed by atoms with Gasteiger partial charge in [0.25, 0.3) is 0 Å². The maximum atomic E-state index is 13.8. The lowest BCUT2D eigenvalue weighted by Crippen LogP contribution is -2.06. The summed E-state index contributed by atoms with van der Waals surface area (Å²) >= 11 is 5.70. The van der Waals surface area contributed by atoms with Crippen LogP contribution in [0.15, 0.2) is 30.6 Å². The molecule has 3 nitrogen and oxygen atoms in total. The second kappa shape index (κ2) is 4.90. The van der Waals surface area contributed by atoms with Gasteiger partial charge in [0.1, 0.15) is 5.69 Å². The molecule has 0 radical (unpaired) electrons. The Morgan fingerprint density at radius 1 is 1.44 bits per heavy atom. The Labute approximate surface area is 109 Å². The molecule has 0 bridgehead atoms. The molecule has 94 valence electrons. The Balaban J connectivity index is 2.41. The molecule has 1 aromatic carbocycles. The topological polar surface area (TPSA) is 34.9 Å². The molecule has 0 aliphatic heterocycles. The average molecular weight is 267 g/mol. The van der Waals surface area contributed by atoms with E-state index in [0.29, 0.717) is 5.56 Å². The van der Waals surface area contributed by atoms with Crippen molar-refractivity contribution in [3.8, 4) is 5.69 Å². The van der Waals surface area contributed by atoms with Crippen LogP contribution in [0.3, 0.4) is 0 Å². The molecular weight excluding hydrogens is 255 g/mol. The summed E-state index contributed by atoms with van der Waals surface area (Å²) in [5.41, 5.74) is 0.690. The van der Waals surface area contributed by atoms with Crippen molar-refractivity contribution >= 4 is 17.4 Å². The molecule has 0 spiro atoms. The zero-order valence-corrected chi connectivity index (χ0v) is 10.8. The lowest BCUT2D eigenvalue weighted by molar-refractivity contribution is 0.0939. The van der Waals surface area contributed by atoms with Gasteiger partial charge in [-0.2, -0.15) is 5.10 Å². The van der Waals surface area contributed by atoms with E-state index in [1.54, 1.807) is 26.0 Å². The Bertz CT molecular complexity index is 592. The first kappa shape index (κ1) is 12.8. The van der Waals surface area contributed by atoms with Crippen LogP contribution < -0.4 is 0 Å². The summed E-state index contributed by atoms with van der Waals surface area (Å²) in [6, 6.07) is 4.65. The van der Waals surface area contributed by atoms with Crippen LogP contribution in [0.4, 0.5) is 4.39 Å². The predicted molar refractivity (Wildman–Crippen MR) is 67.7 cm³/mol. The number of rotatable bonds is 3. The molecule has 0 N–H and O–H groups in total. The van der Waals surface area contributed by atoms with Gasteiger partial charge in [-0.25, -0.2) is 9.07 Å².